The number of rotatable bonds is 4. The minimum atomic E-state index is -0.656. The molecule has 1 aliphatic heterocycles. The van der Waals surface area contributed by atoms with Crippen molar-refractivity contribution in [3.63, 3.8) is 0 Å². The lowest BCUT2D eigenvalue weighted by molar-refractivity contribution is -0.384. The molecule has 10 nitrogen and oxygen atoms in total. The molecule has 3 rings (SSSR count). The molecule has 0 aromatic carbocycles. The van der Waals surface area contributed by atoms with Crippen molar-refractivity contribution < 1.29 is 14.5 Å². The Morgan fingerprint density at radius 3 is 2.88 bits per heavy atom. The van der Waals surface area contributed by atoms with Crippen LogP contribution in [0.15, 0.2) is 23.0 Å². The number of aromatic nitrogens is 3. The van der Waals surface area contributed by atoms with E-state index in [-0.39, 0.29) is 28.7 Å². The summed E-state index contributed by atoms with van der Waals surface area (Å²) in [6.07, 6.45) is 0.703. The average molecular weight is 333 g/mol. The number of H-pyrrole nitrogens is 2. The fraction of sp³-hybridized carbons (Fsp3) is 0.357. The number of hydrogen-bond donors (Lipinski definition) is 2. The fourth-order valence-electron chi connectivity index (χ4n) is 2.81. The Kier molecular flexibility index (Phi) is 4.02. The van der Waals surface area contributed by atoms with Crippen molar-refractivity contribution in [3.8, 4) is 0 Å². The highest BCUT2D eigenvalue weighted by Crippen LogP contribution is 2.33. The van der Waals surface area contributed by atoms with E-state index >= 15 is 0 Å². The van der Waals surface area contributed by atoms with Gasteiger partial charge < -0.3 is 14.7 Å². The van der Waals surface area contributed by atoms with Crippen LogP contribution in [0.4, 0.5) is 11.5 Å². The molecule has 1 fully saturated rings. The van der Waals surface area contributed by atoms with E-state index in [9.17, 15) is 19.7 Å². The summed E-state index contributed by atoms with van der Waals surface area (Å²) in [4.78, 5) is 39.4. The van der Waals surface area contributed by atoms with Crippen LogP contribution >= 0.6 is 0 Å². The summed E-state index contributed by atoms with van der Waals surface area (Å²) in [7, 11) is 1.22. The van der Waals surface area contributed by atoms with Crippen molar-refractivity contribution in [2.75, 3.05) is 25.1 Å². The SMILES string of the molecule is COC(=O)c1ccc([N+](=O)[O-])c(N2CC[C@H](c3cc(=O)[nH][nH]3)C2)n1. The van der Waals surface area contributed by atoms with Crippen LogP contribution in [-0.2, 0) is 4.74 Å². The van der Waals surface area contributed by atoms with Gasteiger partial charge in [0.25, 0.3) is 5.56 Å². The monoisotopic (exact) mass is 333 g/mol. The number of carbonyl (C=O) groups is 1. The number of methoxy groups -OCH3 is 1. The van der Waals surface area contributed by atoms with E-state index < -0.39 is 10.9 Å². The number of aromatic amines is 2. The lowest BCUT2D eigenvalue weighted by Crippen LogP contribution is -2.23. The molecule has 0 aliphatic carbocycles. The summed E-state index contributed by atoms with van der Waals surface area (Å²) in [6.45, 7) is 0.975. The van der Waals surface area contributed by atoms with Gasteiger partial charge in [0.2, 0.25) is 5.82 Å². The summed E-state index contributed by atoms with van der Waals surface area (Å²) >= 11 is 0. The molecule has 1 atom stereocenters. The number of esters is 1. The normalized spacial score (nSPS) is 17.0. The highest BCUT2D eigenvalue weighted by molar-refractivity contribution is 5.88. The van der Waals surface area contributed by atoms with Crippen molar-refractivity contribution in [3.05, 3.63) is 50.1 Å². The van der Waals surface area contributed by atoms with E-state index in [2.05, 4.69) is 19.9 Å². The Bertz CT molecular complexity index is 842. The molecule has 0 unspecified atom stereocenters. The largest absolute Gasteiger partial charge is 0.464 e. The molecule has 126 valence electrons. The molecule has 10 heteroatoms. The second kappa shape index (κ2) is 6.14. The van der Waals surface area contributed by atoms with Crippen molar-refractivity contribution >= 4 is 17.5 Å². The van der Waals surface area contributed by atoms with Gasteiger partial charge in [-0.2, -0.15) is 0 Å². The second-order valence-corrected chi connectivity index (χ2v) is 5.43. The molecule has 24 heavy (non-hydrogen) atoms. The van der Waals surface area contributed by atoms with E-state index in [1.54, 1.807) is 4.90 Å². The Morgan fingerprint density at radius 1 is 1.46 bits per heavy atom. The molecular weight excluding hydrogens is 318 g/mol. The lowest BCUT2D eigenvalue weighted by Gasteiger charge is -2.17. The predicted octanol–water partition coefficient (Wildman–Crippen LogP) is 0.787. The van der Waals surface area contributed by atoms with E-state index in [4.69, 9.17) is 0 Å². The molecule has 2 aromatic rings. The molecule has 2 aromatic heterocycles. The molecule has 1 saturated heterocycles. The van der Waals surface area contributed by atoms with Crippen LogP contribution in [0, 0.1) is 10.1 Å². The number of nitrogens with one attached hydrogen (secondary N) is 2. The predicted molar refractivity (Wildman–Crippen MR) is 83.2 cm³/mol. The summed E-state index contributed by atoms with van der Waals surface area (Å²) in [6, 6.07) is 3.99. The number of nitrogens with zero attached hydrogens (tertiary/aromatic N) is 3. The van der Waals surface area contributed by atoms with Crippen LogP contribution in [-0.4, -0.2) is 46.3 Å². The Labute approximate surface area is 135 Å². The van der Waals surface area contributed by atoms with Crippen LogP contribution in [0.1, 0.15) is 28.5 Å². The molecule has 0 spiro atoms. The summed E-state index contributed by atoms with van der Waals surface area (Å²) in [5, 5.41) is 16.5. The number of carbonyl (C=O) groups excluding carboxylic acids is 1. The first-order valence-electron chi connectivity index (χ1n) is 7.26. The summed E-state index contributed by atoms with van der Waals surface area (Å²) in [5.41, 5.74) is 0.358. The lowest BCUT2D eigenvalue weighted by atomic mass is 10.1. The maximum Gasteiger partial charge on any atom is 0.356 e. The Balaban J connectivity index is 1.91. The van der Waals surface area contributed by atoms with Crippen LogP contribution < -0.4 is 10.5 Å². The summed E-state index contributed by atoms with van der Waals surface area (Å²) in [5.74, 6) is -0.507. The fourth-order valence-corrected chi connectivity index (χ4v) is 2.81. The van der Waals surface area contributed by atoms with Gasteiger partial charge in [-0.3, -0.25) is 20.0 Å². The number of nitro groups is 1. The minimum absolute atomic E-state index is 0.0107. The van der Waals surface area contributed by atoms with Gasteiger partial charge >= 0.3 is 11.7 Å². The standard InChI is InChI=1S/C14H15N5O5/c1-24-14(21)9-2-3-11(19(22)23)13(15-9)18-5-4-8(7-18)10-6-12(20)17-16-10/h2-3,6,8H,4-5,7H2,1H3,(H2,16,17,20)/t8-/m0/s1. The molecular formula is C14H15N5O5. The number of hydrogen-bond acceptors (Lipinski definition) is 7. The highest BCUT2D eigenvalue weighted by atomic mass is 16.6. The molecule has 0 saturated carbocycles. The van der Waals surface area contributed by atoms with Crippen LogP contribution in [0.3, 0.4) is 0 Å². The van der Waals surface area contributed by atoms with Gasteiger partial charge in [0.05, 0.1) is 12.0 Å². The zero-order valence-electron chi connectivity index (χ0n) is 12.8. The van der Waals surface area contributed by atoms with Gasteiger partial charge in [-0.25, -0.2) is 9.78 Å². The van der Waals surface area contributed by atoms with Gasteiger partial charge in [-0.15, -0.1) is 0 Å². The molecule has 0 radical (unpaired) electrons. The Hall–Kier alpha value is -3.17. The highest BCUT2D eigenvalue weighted by Gasteiger charge is 2.31. The maximum absolute atomic E-state index is 11.6. The van der Waals surface area contributed by atoms with E-state index in [1.807, 2.05) is 0 Å². The Morgan fingerprint density at radius 2 is 2.25 bits per heavy atom. The van der Waals surface area contributed by atoms with Crippen LogP contribution in [0.25, 0.3) is 0 Å². The zero-order valence-corrected chi connectivity index (χ0v) is 12.8. The first kappa shape index (κ1) is 15.7. The van der Waals surface area contributed by atoms with Crippen molar-refractivity contribution in [2.45, 2.75) is 12.3 Å². The van der Waals surface area contributed by atoms with E-state index in [0.717, 1.165) is 5.69 Å². The number of anilines is 1. The molecule has 0 amide bonds. The van der Waals surface area contributed by atoms with E-state index in [1.165, 1.54) is 25.3 Å². The van der Waals surface area contributed by atoms with Gasteiger partial charge in [-0.1, -0.05) is 0 Å². The third kappa shape index (κ3) is 2.85. The van der Waals surface area contributed by atoms with Crippen LogP contribution in [0.5, 0.6) is 0 Å². The summed E-state index contributed by atoms with van der Waals surface area (Å²) < 4.78 is 4.61. The molecule has 0 bridgehead atoms. The van der Waals surface area contributed by atoms with Gasteiger partial charge in [0, 0.05) is 36.8 Å². The van der Waals surface area contributed by atoms with Gasteiger partial charge in [0.15, 0.2) is 5.69 Å². The zero-order chi connectivity index (χ0) is 17.3. The average Bonchev–Trinajstić information content (AvgIpc) is 3.22. The minimum Gasteiger partial charge on any atom is -0.464 e. The van der Waals surface area contributed by atoms with Gasteiger partial charge in [0.1, 0.15) is 0 Å². The molecule has 1 aliphatic rings. The molecule has 2 N–H and O–H groups in total. The second-order valence-electron chi connectivity index (χ2n) is 5.43. The third-order valence-electron chi connectivity index (χ3n) is 3.99. The van der Waals surface area contributed by atoms with Crippen molar-refractivity contribution in [1.82, 2.24) is 15.2 Å². The van der Waals surface area contributed by atoms with Crippen LogP contribution in [0.2, 0.25) is 0 Å². The smallest absolute Gasteiger partial charge is 0.356 e. The first-order valence-corrected chi connectivity index (χ1v) is 7.26. The topological polar surface area (TPSA) is 134 Å². The quantitative estimate of drug-likeness (QED) is 0.480. The maximum atomic E-state index is 11.6. The first-order chi connectivity index (χ1) is 11.5. The number of pyridine rings is 1. The molecule has 3 heterocycles. The van der Waals surface area contributed by atoms with Crippen molar-refractivity contribution in [1.29, 1.82) is 0 Å². The van der Waals surface area contributed by atoms with E-state index in [0.29, 0.717) is 19.5 Å². The third-order valence-corrected chi connectivity index (χ3v) is 3.99. The van der Waals surface area contributed by atoms with Gasteiger partial charge in [-0.05, 0) is 12.5 Å². The van der Waals surface area contributed by atoms with Crippen molar-refractivity contribution in [2.24, 2.45) is 0 Å². The number of ether oxygens (including phenoxy) is 1.